The highest BCUT2D eigenvalue weighted by molar-refractivity contribution is 8.05. The monoisotopic (exact) mass is 509 g/mol. The summed E-state index contributed by atoms with van der Waals surface area (Å²) in [6.45, 7) is 2.58. The Kier molecular flexibility index (Phi) is 9.18. The Hall–Kier alpha value is -3.82. The molecule has 3 aromatic carbocycles. The van der Waals surface area contributed by atoms with Crippen LogP contribution in [0.3, 0.4) is 0 Å². The first kappa shape index (κ1) is 26.2. The number of rotatable bonds is 10. The van der Waals surface area contributed by atoms with E-state index in [0.29, 0.717) is 30.1 Å². The summed E-state index contributed by atoms with van der Waals surface area (Å²) < 4.78 is 0. The number of nitriles is 1. The average molecular weight is 510 g/mol. The van der Waals surface area contributed by atoms with Crippen molar-refractivity contribution < 1.29 is 9.59 Å². The molecule has 1 saturated heterocycles. The lowest BCUT2D eigenvalue weighted by atomic mass is 10.0. The minimum absolute atomic E-state index is 0.0346. The summed E-state index contributed by atoms with van der Waals surface area (Å²) in [6, 6.07) is 29.6. The molecule has 1 aliphatic rings. The van der Waals surface area contributed by atoms with Gasteiger partial charge in [0.05, 0.1) is 5.25 Å². The maximum absolute atomic E-state index is 13.6. The Balaban J connectivity index is 1.55. The number of carbonyl (C=O) groups is 2. The Morgan fingerprint density at radius 1 is 0.919 bits per heavy atom. The maximum Gasteiger partial charge on any atom is 0.264 e. The van der Waals surface area contributed by atoms with Gasteiger partial charge in [-0.15, -0.1) is 0 Å². The molecule has 37 heavy (non-hydrogen) atoms. The molecule has 1 N–H and O–H groups in total. The van der Waals surface area contributed by atoms with E-state index in [1.807, 2.05) is 60.7 Å². The fourth-order valence-electron chi connectivity index (χ4n) is 4.29. The van der Waals surface area contributed by atoms with Gasteiger partial charge < -0.3 is 5.32 Å². The summed E-state index contributed by atoms with van der Waals surface area (Å²) in [6.07, 6.45) is 4.54. The second-order valence-electron chi connectivity index (χ2n) is 9.02. The average Bonchev–Trinajstić information content (AvgIpc) is 3.24. The number of carbonyl (C=O) groups excluding carboxylic acids is 2. The van der Waals surface area contributed by atoms with Crippen LogP contribution in [-0.4, -0.2) is 23.6 Å². The van der Waals surface area contributed by atoms with E-state index in [2.05, 4.69) is 42.6 Å². The van der Waals surface area contributed by atoms with Crippen LogP contribution in [0.1, 0.15) is 36.5 Å². The van der Waals surface area contributed by atoms with Crippen LogP contribution in [0.2, 0.25) is 0 Å². The van der Waals surface area contributed by atoms with E-state index >= 15 is 0 Å². The van der Waals surface area contributed by atoms with Crippen LogP contribution in [0.15, 0.2) is 95.5 Å². The molecule has 0 aromatic heterocycles. The van der Waals surface area contributed by atoms with Crippen molar-refractivity contribution in [3.05, 3.63) is 112 Å². The molecule has 188 valence electrons. The van der Waals surface area contributed by atoms with Gasteiger partial charge in [-0.3, -0.25) is 14.5 Å². The molecule has 6 heteroatoms. The van der Waals surface area contributed by atoms with E-state index in [0.717, 1.165) is 30.4 Å². The van der Waals surface area contributed by atoms with Gasteiger partial charge in [0.25, 0.3) is 5.91 Å². The lowest BCUT2D eigenvalue weighted by Gasteiger charge is -2.18. The molecule has 0 bridgehead atoms. The van der Waals surface area contributed by atoms with E-state index in [1.54, 1.807) is 0 Å². The first-order chi connectivity index (χ1) is 18.1. The molecule has 2 amide bonds. The lowest BCUT2D eigenvalue weighted by Crippen LogP contribution is -2.32. The number of unbranched alkanes of at least 4 members (excludes halogenated alkanes) is 1. The highest BCUT2D eigenvalue weighted by atomic mass is 32.2. The van der Waals surface area contributed by atoms with Gasteiger partial charge in [-0.25, -0.2) is 0 Å². The molecule has 1 fully saturated rings. The van der Waals surface area contributed by atoms with E-state index in [1.165, 1.54) is 22.2 Å². The van der Waals surface area contributed by atoms with Crippen molar-refractivity contribution in [2.75, 3.05) is 11.4 Å². The van der Waals surface area contributed by atoms with Crippen molar-refractivity contribution in [1.82, 2.24) is 5.32 Å². The minimum Gasteiger partial charge on any atom is -0.351 e. The maximum atomic E-state index is 13.6. The molecule has 0 saturated carbocycles. The zero-order valence-corrected chi connectivity index (χ0v) is 21.8. The molecule has 1 heterocycles. The summed E-state index contributed by atoms with van der Waals surface area (Å²) >= 11 is 1.30. The largest absolute Gasteiger partial charge is 0.351 e. The van der Waals surface area contributed by atoms with Gasteiger partial charge in [-0.05, 0) is 54.5 Å². The number of hydrogen-bond donors (Lipinski definition) is 1. The number of nitrogens with one attached hydrogen (secondary N) is 1. The van der Waals surface area contributed by atoms with Crippen molar-refractivity contribution in [3.63, 3.8) is 0 Å². The highest BCUT2D eigenvalue weighted by Gasteiger charge is 2.40. The SMILES string of the molecule is CCCCc1ccc(CC2S/C(=C(\C#N)C(=O)NCCc3ccccc3)N(c3ccccc3)C2=O)cc1. The van der Waals surface area contributed by atoms with E-state index < -0.39 is 11.2 Å². The van der Waals surface area contributed by atoms with Gasteiger partial charge in [0.2, 0.25) is 5.91 Å². The van der Waals surface area contributed by atoms with Crippen LogP contribution in [0.25, 0.3) is 0 Å². The third-order valence-corrected chi connectivity index (χ3v) is 7.59. The van der Waals surface area contributed by atoms with Crippen LogP contribution in [0.4, 0.5) is 5.69 Å². The number of thioether (sulfide) groups is 1. The van der Waals surface area contributed by atoms with Gasteiger partial charge >= 0.3 is 0 Å². The first-order valence-corrected chi connectivity index (χ1v) is 13.6. The summed E-state index contributed by atoms with van der Waals surface area (Å²) in [7, 11) is 0. The number of hydrogen-bond acceptors (Lipinski definition) is 4. The van der Waals surface area contributed by atoms with Crippen molar-refractivity contribution in [3.8, 4) is 6.07 Å². The second-order valence-corrected chi connectivity index (χ2v) is 10.2. The molecule has 3 aromatic rings. The van der Waals surface area contributed by atoms with Gasteiger partial charge in [0.1, 0.15) is 16.7 Å². The molecule has 1 atom stereocenters. The Morgan fingerprint density at radius 3 is 2.19 bits per heavy atom. The third-order valence-electron chi connectivity index (χ3n) is 6.33. The van der Waals surface area contributed by atoms with Crippen LogP contribution in [0.5, 0.6) is 0 Å². The van der Waals surface area contributed by atoms with Crippen molar-refractivity contribution in [1.29, 1.82) is 5.26 Å². The Bertz CT molecular complexity index is 1280. The standard InChI is InChI=1S/C31H31N3O2S/c1-2-3-10-24-15-17-25(18-16-24)21-28-30(36)34(26-13-8-5-9-14-26)31(37-28)27(22-32)29(35)33-20-19-23-11-6-4-7-12-23/h4-9,11-18,28H,2-3,10,19-21H2,1H3,(H,33,35)/b31-27+. The summed E-state index contributed by atoms with van der Waals surface area (Å²) in [5, 5.41) is 12.8. The molecule has 0 radical (unpaired) electrons. The normalized spacial score (nSPS) is 16.4. The highest BCUT2D eigenvalue weighted by Crippen LogP contribution is 2.41. The third kappa shape index (κ3) is 6.69. The Labute approximate surface area is 223 Å². The van der Waals surface area contributed by atoms with Crippen LogP contribution in [0, 0.1) is 11.3 Å². The van der Waals surface area contributed by atoms with E-state index in [4.69, 9.17) is 0 Å². The molecular formula is C31H31N3O2S. The van der Waals surface area contributed by atoms with Crippen molar-refractivity contribution >= 4 is 29.3 Å². The summed E-state index contributed by atoms with van der Waals surface area (Å²) in [5.74, 6) is -0.582. The van der Waals surface area contributed by atoms with Gasteiger partial charge in [0.15, 0.2) is 0 Å². The van der Waals surface area contributed by atoms with Gasteiger partial charge in [0, 0.05) is 12.2 Å². The minimum atomic E-state index is -0.462. The summed E-state index contributed by atoms with van der Waals surface area (Å²) in [4.78, 5) is 28.2. The number of aryl methyl sites for hydroxylation is 1. The smallest absolute Gasteiger partial charge is 0.264 e. The predicted octanol–water partition coefficient (Wildman–Crippen LogP) is 5.81. The van der Waals surface area contributed by atoms with Crippen molar-refractivity contribution in [2.45, 2.75) is 44.3 Å². The number of nitrogens with zero attached hydrogens (tertiary/aromatic N) is 2. The lowest BCUT2D eigenvalue weighted by molar-refractivity contribution is -0.117. The number of amides is 2. The Morgan fingerprint density at radius 2 is 1.54 bits per heavy atom. The number of para-hydroxylation sites is 1. The molecule has 0 spiro atoms. The van der Waals surface area contributed by atoms with Crippen LogP contribution in [-0.2, 0) is 28.9 Å². The molecular weight excluding hydrogens is 478 g/mol. The fourth-order valence-corrected chi connectivity index (χ4v) is 5.60. The van der Waals surface area contributed by atoms with Crippen LogP contribution >= 0.6 is 11.8 Å². The molecule has 1 aliphatic heterocycles. The molecule has 5 nitrogen and oxygen atoms in total. The quantitative estimate of drug-likeness (QED) is 0.276. The summed E-state index contributed by atoms with van der Waals surface area (Å²) in [5.41, 5.74) is 4.07. The van der Waals surface area contributed by atoms with Gasteiger partial charge in [-0.1, -0.05) is 97.9 Å². The zero-order valence-electron chi connectivity index (χ0n) is 21.0. The second kappa shape index (κ2) is 12.9. The number of benzene rings is 3. The zero-order chi connectivity index (χ0) is 26.0. The van der Waals surface area contributed by atoms with E-state index in [9.17, 15) is 14.9 Å². The predicted molar refractivity (Wildman–Crippen MR) is 150 cm³/mol. The topological polar surface area (TPSA) is 73.2 Å². The number of anilines is 1. The van der Waals surface area contributed by atoms with Gasteiger partial charge in [-0.2, -0.15) is 5.26 Å². The first-order valence-electron chi connectivity index (χ1n) is 12.7. The molecule has 4 rings (SSSR count). The molecule has 1 unspecified atom stereocenters. The van der Waals surface area contributed by atoms with E-state index in [-0.39, 0.29) is 11.5 Å². The van der Waals surface area contributed by atoms with Crippen LogP contribution < -0.4 is 10.2 Å². The van der Waals surface area contributed by atoms with Crippen molar-refractivity contribution in [2.24, 2.45) is 0 Å². The fraction of sp³-hybridized carbons (Fsp3) is 0.258. The molecule has 0 aliphatic carbocycles.